The maximum atomic E-state index is 9.40. The van der Waals surface area contributed by atoms with E-state index in [4.69, 9.17) is 5.73 Å². The summed E-state index contributed by atoms with van der Waals surface area (Å²) in [6.45, 7) is 0.253. The molecule has 1 fully saturated rings. The molecule has 0 spiro atoms. The average molecular weight is 257 g/mol. The summed E-state index contributed by atoms with van der Waals surface area (Å²) in [5, 5.41) is 14.0. The van der Waals surface area contributed by atoms with Gasteiger partial charge in [-0.05, 0) is 25.0 Å². The van der Waals surface area contributed by atoms with E-state index in [0.717, 1.165) is 29.4 Å². The minimum atomic E-state index is 0.253. The zero-order chi connectivity index (χ0) is 13.2. The van der Waals surface area contributed by atoms with Crippen molar-refractivity contribution in [1.29, 1.82) is 0 Å². The maximum absolute atomic E-state index is 9.40. The number of aliphatic hydroxyl groups excluding tert-OH is 1. The third-order valence-corrected chi connectivity index (χ3v) is 4.04. The topological polar surface area (TPSA) is 71.2 Å². The second-order valence-corrected chi connectivity index (χ2v) is 5.23. The van der Waals surface area contributed by atoms with Crippen molar-refractivity contribution in [3.8, 4) is 0 Å². The molecule has 1 aromatic heterocycles. The Kier molecular flexibility index (Phi) is 3.25. The fourth-order valence-corrected chi connectivity index (χ4v) is 2.97. The summed E-state index contributed by atoms with van der Waals surface area (Å²) in [6.07, 6.45) is 5.16. The van der Waals surface area contributed by atoms with Gasteiger partial charge in [0.1, 0.15) is 0 Å². The number of pyridine rings is 1. The van der Waals surface area contributed by atoms with E-state index < -0.39 is 0 Å². The number of nitrogens with one attached hydrogen (secondary N) is 1. The van der Waals surface area contributed by atoms with Crippen LogP contribution in [0.5, 0.6) is 0 Å². The largest absolute Gasteiger partial charge is 0.397 e. The number of anilines is 2. The molecule has 1 aliphatic rings. The lowest BCUT2D eigenvalue weighted by Crippen LogP contribution is -2.26. The molecule has 0 aliphatic heterocycles. The van der Waals surface area contributed by atoms with Crippen LogP contribution in [0.15, 0.2) is 30.5 Å². The molecule has 3 rings (SSSR count). The van der Waals surface area contributed by atoms with Gasteiger partial charge in [0, 0.05) is 35.8 Å². The summed E-state index contributed by atoms with van der Waals surface area (Å²) in [5.74, 6) is 0.351. The third-order valence-electron chi connectivity index (χ3n) is 4.04. The summed E-state index contributed by atoms with van der Waals surface area (Å²) in [5.41, 5.74) is 8.55. The molecule has 1 aliphatic carbocycles. The van der Waals surface area contributed by atoms with Crippen molar-refractivity contribution in [1.82, 2.24) is 4.98 Å². The van der Waals surface area contributed by atoms with Gasteiger partial charge in [0.15, 0.2) is 0 Å². The van der Waals surface area contributed by atoms with Gasteiger partial charge in [-0.2, -0.15) is 0 Å². The minimum Gasteiger partial charge on any atom is -0.397 e. The van der Waals surface area contributed by atoms with Crippen LogP contribution in [0.25, 0.3) is 10.9 Å². The van der Waals surface area contributed by atoms with Gasteiger partial charge in [0.2, 0.25) is 0 Å². The van der Waals surface area contributed by atoms with E-state index in [2.05, 4.69) is 10.3 Å². The van der Waals surface area contributed by atoms with Gasteiger partial charge in [-0.3, -0.25) is 4.98 Å². The van der Waals surface area contributed by atoms with Gasteiger partial charge < -0.3 is 16.2 Å². The second kappa shape index (κ2) is 5.05. The van der Waals surface area contributed by atoms with Crippen LogP contribution in [0.3, 0.4) is 0 Å². The summed E-state index contributed by atoms with van der Waals surface area (Å²) >= 11 is 0. The van der Waals surface area contributed by atoms with E-state index in [-0.39, 0.29) is 6.61 Å². The molecule has 0 amide bonds. The Hall–Kier alpha value is -1.81. The predicted octanol–water partition coefficient (Wildman–Crippen LogP) is 2.39. The number of benzene rings is 1. The van der Waals surface area contributed by atoms with Gasteiger partial charge in [-0.1, -0.05) is 18.6 Å². The molecule has 19 heavy (non-hydrogen) atoms. The fraction of sp³-hybridized carbons (Fsp3) is 0.400. The quantitative estimate of drug-likeness (QED) is 0.738. The number of nitrogen functional groups attached to an aromatic ring is 1. The van der Waals surface area contributed by atoms with Crippen LogP contribution in [0.2, 0.25) is 0 Å². The van der Waals surface area contributed by atoms with Gasteiger partial charge in [0.05, 0.1) is 11.2 Å². The van der Waals surface area contributed by atoms with Crippen LogP contribution in [0.1, 0.15) is 19.3 Å². The van der Waals surface area contributed by atoms with Crippen LogP contribution < -0.4 is 11.1 Å². The molecule has 4 nitrogen and oxygen atoms in total. The normalized spacial score (nSPS) is 22.8. The summed E-state index contributed by atoms with van der Waals surface area (Å²) < 4.78 is 0. The highest BCUT2D eigenvalue weighted by atomic mass is 16.3. The van der Waals surface area contributed by atoms with Crippen LogP contribution in [-0.4, -0.2) is 22.7 Å². The van der Waals surface area contributed by atoms with Crippen molar-refractivity contribution >= 4 is 22.3 Å². The van der Waals surface area contributed by atoms with E-state index >= 15 is 0 Å². The first-order valence-corrected chi connectivity index (χ1v) is 6.80. The molecular formula is C15H19N3O. The van der Waals surface area contributed by atoms with Crippen LogP contribution in [0, 0.1) is 5.92 Å². The number of hydrogen-bond donors (Lipinski definition) is 3. The zero-order valence-corrected chi connectivity index (χ0v) is 10.8. The average Bonchev–Trinajstić information content (AvgIpc) is 2.87. The van der Waals surface area contributed by atoms with Crippen LogP contribution in [0.4, 0.5) is 11.4 Å². The van der Waals surface area contributed by atoms with Gasteiger partial charge in [-0.25, -0.2) is 0 Å². The first-order chi connectivity index (χ1) is 9.29. The number of hydrogen-bond acceptors (Lipinski definition) is 4. The van der Waals surface area contributed by atoms with E-state index in [0.29, 0.717) is 17.6 Å². The van der Waals surface area contributed by atoms with E-state index in [1.165, 1.54) is 6.42 Å². The molecule has 2 atom stereocenters. The molecule has 0 bridgehead atoms. The fourth-order valence-electron chi connectivity index (χ4n) is 2.97. The molecule has 0 radical (unpaired) electrons. The highest BCUT2D eigenvalue weighted by molar-refractivity contribution is 5.97. The Bertz CT molecular complexity index is 585. The number of aliphatic hydroxyl groups is 1. The number of nitrogens with zero attached hydrogens (tertiary/aromatic N) is 1. The van der Waals surface area contributed by atoms with Gasteiger partial charge in [-0.15, -0.1) is 0 Å². The molecule has 2 unspecified atom stereocenters. The summed E-state index contributed by atoms with van der Waals surface area (Å²) in [4.78, 5) is 4.34. The molecule has 0 saturated heterocycles. The van der Waals surface area contributed by atoms with Crippen molar-refractivity contribution in [2.75, 3.05) is 17.7 Å². The lowest BCUT2D eigenvalue weighted by Gasteiger charge is -2.21. The Morgan fingerprint density at radius 1 is 1.32 bits per heavy atom. The minimum absolute atomic E-state index is 0.253. The number of para-hydroxylation sites is 1. The van der Waals surface area contributed by atoms with E-state index in [9.17, 15) is 5.11 Å². The summed E-state index contributed by atoms with van der Waals surface area (Å²) in [6, 6.07) is 8.17. The van der Waals surface area contributed by atoms with E-state index in [1.54, 1.807) is 6.20 Å². The van der Waals surface area contributed by atoms with Crippen molar-refractivity contribution < 1.29 is 5.11 Å². The Morgan fingerprint density at radius 2 is 2.21 bits per heavy atom. The lowest BCUT2D eigenvalue weighted by atomic mass is 10.0. The monoisotopic (exact) mass is 257 g/mol. The predicted molar refractivity (Wildman–Crippen MR) is 78.0 cm³/mol. The smallest absolute Gasteiger partial charge is 0.0951 e. The molecule has 100 valence electrons. The number of aromatic nitrogens is 1. The Morgan fingerprint density at radius 3 is 3.05 bits per heavy atom. The number of fused-ring (bicyclic) bond motifs is 1. The van der Waals surface area contributed by atoms with Crippen molar-refractivity contribution in [2.45, 2.75) is 25.3 Å². The summed E-state index contributed by atoms with van der Waals surface area (Å²) in [7, 11) is 0. The molecule has 2 aromatic rings. The Balaban J connectivity index is 1.95. The molecule has 4 N–H and O–H groups in total. The molecule has 1 heterocycles. The van der Waals surface area contributed by atoms with Gasteiger partial charge >= 0.3 is 0 Å². The van der Waals surface area contributed by atoms with Crippen molar-refractivity contribution in [3.05, 3.63) is 30.5 Å². The molecule has 4 heteroatoms. The lowest BCUT2D eigenvalue weighted by molar-refractivity contribution is 0.222. The van der Waals surface area contributed by atoms with Crippen molar-refractivity contribution in [3.63, 3.8) is 0 Å². The van der Waals surface area contributed by atoms with Crippen molar-refractivity contribution in [2.24, 2.45) is 5.92 Å². The highest BCUT2D eigenvalue weighted by Crippen LogP contribution is 2.31. The highest BCUT2D eigenvalue weighted by Gasteiger charge is 2.26. The number of nitrogens with two attached hydrogens (primary N) is 1. The van der Waals surface area contributed by atoms with Crippen LogP contribution >= 0.6 is 0 Å². The zero-order valence-electron chi connectivity index (χ0n) is 10.8. The van der Waals surface area contributed by atoms with Crippen LogP contribution in [-0.2, 0) is 0 Å². The van der Waals surface area contributed by atoms with Gasteiger partial charge in [0.25, 0.3) is 0 Å². The number of rotatable bonds is 3. The first kappa shape index (κ1) is 12.2. The second-order valence-electron chi connectivity index (χ2n) is 5.23. The molecule has 1 saturated carbocycles. The van der Waals surface area contributed by atoms with E-state index in [1.807, 2.05) is 24.3 Å². The molecular weight excluding hydrogens is 238 g/mol. The standard InChI is InChI=1S/C15H19N3O/c16-12-5-2-4-11-14(7-8-17-15(11)12)18-13-6-1-3-10(13)9-19/h2,4-5,7-8,10,13,19H,1,3,6,9,16H2,(H,17,18). The SMILES string of the molecule is Nc1cccc2c(NC3CCCC3CO)ccnc12. The first-order valence-electron chi connectivity index (χ1n) is 6.80. The molecule has 1 aromatic carbocycles. The Labute approximate surface area is 112 Å². The maximum Gasteiger partial charge on any atom is 0.0951 e. The third kappa shape index (κ3) is 2.24.